The first kappa shape index (κ1) is 44.7. The van der Waals surface area contributed by atoms with Crippen LogP contribution in [-0.4, -0.2) is 33.4 Å². The van der Waals surface area contributed by atoms with Crippen molar-refractivity contribution in [2.45, 2.75) is 92.5 Å². The van der Waals surface area contributed by atoms with E-state index < -0.39 is 21.6 Å². The van der Waals surface area contributed by atoms with Crippen LogP contribution in [0.25, 0.3) is 0 Å². The summed E-state index contributed by atoms with van der Waals surface area (Å²) in [6.45, 7) is 17.5. The van der Waals surface area contributed by atoms with Crippen molar-refractivity contribution in [1.29, 1.82) is 0 Å². The van der Waals surface area contributed by atoms with Gasteiger partial charge in [-0.05, 0) is 77.6 Å². The van der Waals surface area contributed by atoms with Gasteiger partial charge in [-0.25, -0.2) is 18.4 Å². The van der Waals surface area contributed by atoms with Crippen molar-refractivity contribution < 1.29 is 17.9 Å². The summed E-state index contributed by atoms with van der Waals surface area (Å²) in [4.78, 5) is 12.5. The summed E-state index contributed by atoms with van der Waals surface area (Å²) < 4.78 is 38.2. The molecule has 6 aromatic carbocycles. The van der Waals surface area contributed by atoms with Crippen LogP contribution in [0, 0.1) is 6.92 Å². The van der Waals surface area contributed by atoms with Gasteiger partial charge in [0.25, 0.3) is 0 Å². The Morgan fingerprint density at radius 3 is 1.24 bits per heavy atom. The zero-order valence-electron chi connectivity index (χ0n) is 35.4. The van der Waals surface area contributed by atoms with Crippen LogP contribution in [0.1, 0.15) is 93.9 Å². The van der Waals surface area contributed by atoms with Crippen molar-refractivity contribution in [2.24, 2.45) is 9.98 Å². The minimum absolute atomic E-state index is 0.0212. The topological polar surface area (TPSA) is 77.3 Å². The quantitative estimate of drug-likeness (QED) is 0.153. The average Bonchev–Trinajstić information content (AvgIpc) is 4.00. The fourth-order valence-corrected chi connectivity index (χ4v) is 8.73. The van der Waals surface area contributed by atoms with Crippen molar-refractivity contribution >= 4 is 33.4 Å². The number of nitrogens with zero attached hydrogens (tertiary/aromatic N) is 2. The maximum atomic E-state index is 13.3. The summed E-state index contributed by atoms with van der Waals surface area (Å²) in [5.74, 6) is 1.13. The van der Waals surface area contributed by atoms with Gasteiger partial charge in [0.2, 0.25) is 11.8 Å². The average molecular weight is 825 g/mol. The summed E-state index contributed by atoms with van der Waals surface area (Å²) in [6.07, 6.45) is 0. The SMILES string of the molecule is CC.CC.CC(C)(C)c1ccc(S(=O)c2ccccc2C2=NC(c3ccccc3)CO2)cc1.Cc1ccc(S(=O)c2ccccc2C2=NC(c3ccccc3)CO2)cc1. The maximum Gasteiger partial charge on any atom is 0.218 e. The van der Waals surface area contributed by atoms with Crippen LogP contribution in [0.4, 0.5) is 0 Å². The Kier molecular flexibility index (Phi) is 16.3. The number of aryl methyl sites for hydroxylation is 1. The summed E-state index contributed by atoms with van der Waals surface area (Å²) in [5, 5.41) is 0. The minimum Gasteiger partial charge on any atom is -0.475 e. The molecule has 59 heavy (non-hydrogen) atoms. The first-order valence-corrected chi connectivity index (χ1v) is 22.7. The van der Waals surface area contributed by atoms with Gasteiger partial charge in [-0.2, -0.15) is 0 Å². The molecule has 2 aliphatic heterocycles. The number of hydrogen-bond donors (Lipinski definition) is 0. The van der Waals surface area contributed by atoms with Gasteiger partial charge in [-0.1, -0.05) is 163 Å². The van der Waals surface area contributed by atoms with Crippen molar-refractivity contribution in [1.82, 2.24) is 0 Å². The molecule has 0 N–H and O–H groups in total. The molecule has 0 spiro atoms. The van der Waals surface area contributed by atoms with Gasteiger partial charge < -0.3 is 9.47 Å². The zero-order chi connectivity index (χ0) is 42.4. The van der Waals surface area contributed by atoms with Crippen LogP contribution in [-0.2, 0) is 36.5 Å². The first-order chi connectivity index (χ1) is 28.7. The second kappa shape index (κ2) is 21.5. The molecular formula is C51H56N2O4S2. The van der Waals surface area contributed by atoms with E-state index in [0.29, 0.717) is 25.0 Å². The van der Waals surface area contributed by atoms with Crippen LogP contribution < -0.4 is 0 Å². The highest BCUT2D eigenvalue weighted by Crippen LogP contribution is 2.31. The number of hydrogen-bond acceptors (Lipinski definition) is 6. The monoisotopic (exact) mass is 824 g/mol. The molecule has 4 atom stereocenters. The van der Waals surface area contributed by atoms with E-state index >= 15 is 0 Å². The third-order valence-electron chi connectivity index (χ3n) is 9.47. The van der Waals surface area contributed by atoms with E-state index in [2.05, 4.69) is 57.2 Å². The largest absolute Gasteiger partial charge is 0.475 e. The van der Waals surface area contributed by atoms with Gasteiger partial charge >= 0.3 is 0 Å². The predicted molar refractivity (Wildman–Crippen MR) is 245 cm³/mol. The lowest BCUT2D eigenvalue weighted by molar-refractivity contribution is 0.319. The van der Waals surface area contributed by atoms with E-state index in [-0.39, 0.29) is 17.5 Å². The van der Waals surface area contributed by atoms with Crippen molar-refractivity contribution in [2.75, 3.05) is 13.2 Å². The number of aliphatic imine (C=N–C) groups is 2. The summed E-state index contributed by atoms with van der Waals surface area (Å²) in [6, 6.07) is 51.3. The fourth-order valence-electron chi connectivity index (χ4n) is 6.34. The molecular weight excluding hydrogens is 769 g/mol. The molecule has 2 heterocycles. The highest BCUT2D eigenvalue weighted by molar-refractivity contribution is 7.85. The van der Waals surface area contributed by atoms with E-state index in [9.17, 15) is 8.42 Å². The molecule has 306 valence electrons. The van der Waals surface area contributed by atoms with Crippen molar-refractivity contribution in [3.63, 3.8) is 0 Å². The molecule has 0 radical (unpaired) electrons. The normalized spacial score (nSPS) is 16.5. The third kappa shape index (κ3) is 11.4. The highest BCUT2D eigenvalue weighted by atomic mass is 32.2. The molecule has 0 bridgehead atoms. The summed E-state index contributed by atoms with van der Waals surface area (Å²) in [7, 11) is -2.59. The van der Waals surface area contributed by atoms with E-state index in [4.69, 9.17) is 19.5 Å². The van der Waals surface area contributed by atoms with Crippen LogP contribution >= 0.6 is 0 Å². The Morgan fingerprint density at radius 1 is 0.492 bits per heavy atom. The number of ether oxygens (including phenoxy) is 2. The maximum absolute atomic E-state index is 13.3. The zero-order valence-corrected chi connectivity index (χ0v) is 37.1. The van der Waals surface area contributed by atoms with Gasteiger partial charge in [-0.15, -0.1) is 0 Å². The molecule has 0 saturated heterocycles. The van der Waals surface area contributed by atoms with Crippen molar-refractivity contribution in [3.8, 4) is 0 Å². The molecule has 0 aromatic heterocycles. The van der Waals surface area contributed by atoms with E-state index in [1.165, 1.54) is 5.56 Å². The van der Waals surface area contributed by atoms with E-state index in [1.807, 2.05) is 156 Å². The molecule has 2 aliphatic rings. The Bertz CT molecular complexity index is 2350. The number of rotatable bonds is 8. The fraction of sp³-hybridized carbons (Fsp3) is 0.255. The second-order valence-corrected chi connectivity index (χ2v) is 17.4. The van der Waals surface area contributed by atoms with Gasteiger partial charge in [0.1, 0.15) is 25.3 Å². The van der Waals surface area contributed by atoms with E-state index in [0.717, 1.165) is 47.4 Å². The lowest BCUT2D eigenvalue weighted by atomic mass is 9.87. The molecule has 8 rings (SSSR count). The Balaban J connectivity index is 0.000000208. The molecule has 0 amide bonds. The molecule has 6 nitrogen and oxygen atoms in total. The van der Waals surface area contributed by atoms with Gasteiger partial charge in [0.05, 0.1) is 42.5 Å². The van der Waals surface area contributed by atoms with Crippen LogP contribution in [0.3, 0.4) is 0 Å². The van der Waals surface area contributed by atoms with Crippen LogP contribution in [0.15, 0.2) is 187 Å². The summed E-state index contributed by atoms with van der Waals surface area (Å²) >= 11 is 0. The summed E-state index contributed by atoms with van der Waals surface area (Å²) in [5.41, 5.74) is 6.28. The lowest BCUT2D eigenvalue weighted by Crippen LogP contribution is -2.11. The molecule has 0 saturated carbocycles. The first-order valence-electron chi connectivity index (χ1n) is 20.4. The van der Waals surface area contributed by atoms with Gasteiger partial charge in [0.15, 0.2) is 0 Å². The van der Waals surface area contributed by atoms with Crippen LogP contribution in [0.2, 0.25) is 0 Å². The Hall–Kier alpha value is -5.44. The Morgan fingerprint density at radius 2 is 0.847 bits per heavy atom. The molecule has 4 unspecified atom stereocenters. The highest BCUT2D eigenvalue weighted by Gasteiger charge is 2.26. The van der Waals surface area contributed by atoms with E-state index in [1.54, 1.807) is 0 Å². The molecule has 8 heteroatoms. The minimum atomic E-state index is -1.31. The second-order valence-electron chi connectivity index (χ2n) is 14.5. The standard InChI is InChI=1S/C25H25NO2S.C22H19NO2S.2C2H6/c1-25(2,3)19-13-15-20(16-14-19)29(27)23-12-8-7-11-21(23)24-26-22(17-28-24)18-9-5-4-6-10-18;1-16-11-13-18(14-12-16)26(24)21-10-6-5-9-19(21)22-23-20(15-25-22)17-7-3-2-4-8-17;2*1-2/h4-16,22H,17H2,1-3H3;2-14,20H,15H2,1H3;2*1-2H3. The Labute approximate surface area is 356 Å². The molecule has 6 aromatic rings. The lowest BCUT2D eigenvalue weighted by Gasteiger charge is -2.19. The van der Waals surface area contributed by atoms with Crippen LogP contribution in [0.5, 0.6) is 0 Å². The van der Waals surface area contributed by atoms with Gasteiger partial charge in [-0.3, -0.25) is 0 Å². The molecule has 0 fully saturated rings. The smallest absolute Gasteiger partial charge is 0.218 e. The third-order valence-corrected chi connectivity index (χ3v) is 12.4. The molecule has 0 aliphatic carbocycles. The van der Waals surface area contributed by atoms with Crippen molar-refractivity contribution in [3.05, 3.63) is 191 Å². The van der Waals surface area contributed by atoms with Gasteiger partial charge in [0, 0.05) is 9.79 Å². The number of benzene rings is 6. The predicted octanol–water partition coefficient (Wildman–Crippen LogP) is 12.4.